The van der Waals surface area contributed by atoms with E-state index in [0.717, 1.165) is 24.9 Å². The van der Waals surface area contributed by atoms with Crippen molar-refractivity contribution >= 4 is 11.8 Å². The predicted molar refractivity (Wildman–Crippen MR) is 90.1 cm³/mol. The lowest BCUT2D eigenvalue weighted by Gasteiger charge is -2.42. The molecule has 0 bridgehead atoms. The van der Waals surface area contributed by atoms with Gasteiger partial charge in [-0.1, -0.05) is 30.3 Å². The fourth-order valence-electron chi connectivity index (χ4n) is 3.60. The Balaban J connectivity index is 1.58. The number of aliphatic hydroxyl groups is 1. The van der Waals surface area contributed by atoms with Gasteiger partial charge in [0.2, 0.25) is 11.8 Å². The van der Waals surface area contributed by atoms with Gasteiger partial charge in [-0.25, -0.2) is 0 Å². The lowest BCUT2D eigenvalue weighted by molar-refractivity contribution is -0.143. The SMILES string of the molecule is O=C(CO)N1CCN(C2CCCN(Cc3ccccc3)C2=O)CC1. The molecule has 6 heteroatoms. The van der Waals surface area contributed by atoms with Gasteiger partial charge in [0.1, 0.15) is 6.61 Å². The molecule has 24 heavy (non-hydrogen) atoms. The van der Waals surface area contributed by atoms with Crippen molar-refractivity contribution in [3.05, 3.63) is 35.9 Å². The highest BCUT2D eigenvalue weighted by Crippen LogP contribution is 2.21. The third kappa shape index (κ3) is 3.76. The highest BCUT2D eigenvalue weighted by Gasteiger charge is 2.35. The summed E-state index contributed by atoms with van der Waals surface area (Å²) in [5.74, 6) is -0.0256. The van der Waals surface area contributed by atoms with Gasteiger partial charge in [0, 0.05) is 39.3 Å². The number of rotatable bonds is 4. The number of hydrogen-bond donors (Lipinski definition) is 1. The molecule has 1 aromatic rings. The van der Waals surface area contributed by atoms with Gasteiger partial charge in [0.05, 0.1) is 6.04 Å². The second kappa shape index (κ2) is 7.77. The minimum absolute atomic E-state index is 0.0751. The maximum absolute atomic E-state index is 12.9. The van der Waals surface area contributed by atoms with Crippen LogP contribution in [0.5, 0.6) is 0 Å². The summed E-state index contributed by atoms with van der Waals surface area (Å²) in [6.45, 7) is 3.60. The zero-order valence-electron chi connectivity index (χ0n) is 13.9. The molecule has 2 saturated heterocycles. The van der Waals surface area contributed by atoms with Crippen LogP contribution in [0.15, 0.2) is 30.3 Å². The van der Waals surface area contributed by atoms with Crippen molar-refractivity contribution < 1.29 is 14.7 Å². The highest BCUT2D eigenvalue weighted by molar-refractivity contribution is 5.82. The molecule has 0 aliphatic carbocycles. The van der Waals surface area contributed by atoms with E-state index in [2.05, 4.69) is 17.0 Å². The van der Waals surface area contributed by atoms with Crippen LogP contribution in [0.1, 0.15) is 18.4 Å². The van der Waals surface area contributed by atoms with Crippen LogP contribution >= 0.6 is 0 Å². The molecule has 0 saturated carbocycles. The quantitative estimate of drug-likeness (QED) is 0.863. The van der Waals surface area contributed by atoms with Crippen molar-refractivity contribution in [2.75, 3.05) is 39.3 Å². The van der Waals surface area contributed by atoms with E-state index in [-0.39, 0.29) is 17.9 Å². The van der Waals surface area contributed by atoms with E-state index < -0.39 is 6.61 Å². The van der Waals surface area contributed by atoms with Gasteiger partial charge in [-0.15, -0.1) is 0 Å². The lowest BCUT2D eigenvalue weighted by Crippen LogP contribution is -2.58. The largest absolute Gasteiger partial charge is 0.387 e. The molecule has 2 heterocycles. The van der Waals surface area contributed by atoms with Crippen molar-refractivity contribution in [3.63, 3.8) is 0 Å². The summed E-state index contributed by atoms with van der Waals surface area (Å²) in [7, 11) is 0. The number of piperidine rings is 1. The highest BCUT2D eigenvalue weighted by atomic mass is 16.3. The predicted octanol–water partition coefficient (Wildman–Crippen LogP) is 0.314. The van der Waals surface area contributed by atoms with Crippen LogP contribution in [0.2, 0.25) is 0 Å². The Morgan fingerprint density at radius 1 is 1.08 bits per heavy atom. The maximum Gasteiger partial charge on any atom is 0.248 e. The first kappa shape index (κ1) is 16.9. The zero-order valence-corrected chi connectivity index (χ0v) is 13.9. The topological polar surface area (TPSA) is 64.1 Å². The van der Waals surface area contributed by atoms with Crippen molar-refractivity contribution in [2.24, 2.45) is 0 Å². The summed E-state index contributed by atoms with van der Waals surface area (Å²) in [6.07, 6.45) is 1.90. The minimum Gasteiger partial charge on any atom is -0.387 e. The monoisotopic (exact) mass is 331 g/mol. The first-order valence-corrected chi connectivity index (χ1v) is 8.64. The number of likely N-dealkylation sites (tertiary alicyclic amines) is 1. The molecule has 1 aromatic carbocycles. The molecule has 0 aromatic heterocycles. The van der Waals surface area contributed by atoms with Crippen molar-refractivity contribution in [2.45, 2.75) is 25.4 Å². The van der Waals surface area contributed by atoms with Crippen LogP contribution in [0, 0.1) is 0 Å². The van der Waals surface area contributed by atoms with Gasteiger partial charge in [0.15, 0.2) is 0 Å². The number of hydrogen-bond acceptors (Lipinski definition) is 4. The number of aliphatic hydroxyl groups excluding tert-OH is 1. The molecule has 3 rings (SSSR count). The molecule has 2 aliphatic heterocycles. The molecule has 6 nitrogen and oxygen atoms in total. The molecule has 2 amide bonds. The van der Waals surface area contributed by atoms with Crippen LogP contribution in [0.25, 0.3) is 0 Å². The molecule has 130 valence electrons. The van der Waals surface area contributed by atoms with E-state index in [1.54, 1.807) is 4.90 Å². The second-order valence-electron chi connectivity index (χ2n) is 6.48. The lowest BCUT2D eigenvalue weighted by atomic mass is 10.0. The van der Waals surface area contributed by atoms with Crippen LogP contribution < -0.4 is 0 Å². The number of carbonyl (C=O) groups excluding carboxylic acids is 2. The second-order valence-corrected chi connectivity index (χ2v) is 6.48. The number of piperazine rings is 1. The van der Waals surface area contributed by atoms with E-state index in [1.807, 2.05) is 23.1 Å². The van der Waals surface area contributed by atoms with Crippen LogP contribution in [-0.4, -0.2) is 77.0 Å². The van der Waals surface area contributed by atoms with E-state index >= 15 is 0 Å². The number of amides is 2. The molecule has 0 radical (unpaired) electrons. The zero-order chi connectivity index (χ0) is 16.9. The molecular formula is C18H25N3O3. The van der Waals surface area contributed by atoms with Crippen molar-refractivity contribution in [1.29, 1.82) is 0 Å². The van der Waals surface area contributed by atoms with E-state index in [0.29, 0.717) is 32.7 Å². The van der Waals surface area contributed by atoms with E-state index in [4.69, 9.17) is 5.11 Å². The van der Waals surface area contributed by atoms with Gasteiger partial charge in [-0.2, -0.15) is 0 Å². The van der Waals surface area contributed by atoms with Gasteiger partial charge in [0.25, 0.3) is 0 Å². The van der Waals surface area contributed by atoms with Gasteiger partial charge < -0.3 is 14.9 Å². The van der Waals surface area contributed by atoms with Gasteiger partial charge in [-0.05, 0) is 18.4 Å². The van der Waals surface area contributed by atoms with Crippen LogP contribution in [0.3, 0.4) is 0 Å². The normalized spacial score (nSPS) is 22.7. The first-order valence-electron chi connectivity index (χ1n) is 8.64. The Morgan fingerprint density at radius 3 is 2.46 bits per heavy atom. The molecule has 1 unspecified atom stereocenters. The molecule has 1 N–H and O–H groups in total. The van der Waals surface area contributed by atoms with E-state index in [1.165, 1.54) is 0 Å². The number of benzene rings is 1. The molecular weight excluding hydrogens is 306 g/mol. The average Bonchev–Trinajstić information content (AvgIpc) is 2.64. The summed E-state index contributed by atoms with van der Waals surface area (Å²) in [5.41, 5.74) is 1.16. The summed E-state index contributed by atoms with van der Waals surface area (Å²) in [5, 5.41) is 8.95. The Kier molecular flexibility index (Phi) is 5.48. The van der Waals surface area contributed by atoms with Gasteiger partial charge in [-0.3, -0.25) is 14.5 Å². The smallest absolute Gasteiger partial charge is 0.248 e. The van der Waals surface area contributed by atoms with Gasteiger partial charge >= 0.3 is 0 Å². The maximum atomic E-state index is 12.9. The summed E-state index contributed by atoms with van der Waals surface area (Å²) < 4.78 is 0. The molecule has 1 atom stereocenters. The van der Waals surface area contributed by atoms with Crippen molar-refractivity contribution in [1.82, 2.24) is 14.7 Å². The Morgan fingerprint density at radius 2 is 1.79 bits per heavy atom. The molecule has 2 fully saturated rings. The van der Waals surface area contributed by atoms with E-state index in [9.17, 15) is 9.59 Å². The van der Waals surface area contributed by atoms with Crippen LogP contribution in [-0.2, 0) is 16.1 Å². The standard InChI is InChI=1S/C18H25N3O3/c22-14-17(23)20-11-9-19(10-12-20)16-7-4-8-21(18(16)24)13-15-5-2-1-3-6-15/h1-3,5-6,16,22H,4,7-14H2. The minimum atomic E-state index is -0.437. The summed E-state index contributed by atoms with van der Waals surface area (Å²) in [6, 6.07) is 10.0. The molecule has 0 spiro atoms. The fraction of sp³-hybridized carbons (Fsp3) is 0.556. The first-order chi connectivity index (χ1) is 11.7. The Labute approximate surface area is 142 Å². The Hall–Kier alpha value is -1.92. The third-order valence-corrected chi connectivity index (χ3v) is 4.96. The summed E-state index contributed by atoms with van der Waals surface area (Å²) >= 11 is 0. The Bertz CT molecular complexity index is 570. The fourth-order valence-corrected chi connectivity index (χ4v) is 3.60. The van der Waals surface area contributed by atoms with Crippen LogP contribution in [0.4, 0.5) is 0 Å². The number of nitrogens with zero attached hydrogens (tertiary/aromatic N) is 3. The summed E-state index contributed by atoms with van der Waals surface area (Å²) in [4.78, 5) is 30.2. The van der Waals surface area contributed by atoms with Crippen molar-refractivity contribution in [3.8, 4) is 0 Å². The molecule has 2 aliphatic rings. The average molecular weight is 331 g/mol. The third-order valence-electron chi connectivity index (χ3n) is 4.96. The number of carbonyl (C=O) groups is 2.